The molecule has 0 aliphatic rings. The van der Waals surface area contributed by atoms with E-state index in [2.05, 4.69) is 5.10 Å². The van der Waals surface area contributed by atoms with Crippen LogP contribution in [0, 0.1) is 22.9 Å². The molecule has 6 heteroatoms. The molecule has 0 atom stereocenters. The van der Waals surface area contributed by atoms with E-state index in [9.17, 15) is 14.5 Å². The van der Waals surface area contributed by atoms with E-state index in [1.807, 2.05) is 12.1 Å². The molecule has 2 aromatic carbocycles. The Balaban J connectivity index is 1.86. The molecule has 0 unspecified atom stereocenters. The van der Waals surface area contributed by atoms with Crippen molar-refractivity contribution in [2.75, 3.05) is 0 Å². The maximum absolute atomic E-state index is 13.0. The Morgan fingerprint density at radius 3 is 2.61 bits per heavy atom. The van der Waals surface area contributed by atoms with Gasteiger partial charge in [-0.3, -0.25) is 14.8 Å². The van der Waals surface area contributed by atoms with Crippen LogP contribution in [0.3, 0.4) is 0 Å². The van der Waals surface area contributed by atoms with Gasteiger partial charge >= 0.3 is 0 Å². The zero-order valence-corrected chi connectivity index (χ0v) is 12.4. The summed E-state index contributed by atoms with van der Waals surface area (Å²) in [5, 5.41) is 15.4. The molecule has 0 aliphatic carbocycles. The van der Waals surface area contributed by atoms with Crippen molar-refractivity contribution in [1.82, 2.24) is 9.78 Å². The molecule has 1 heterocycles. The third-order valence-corrected chi connectivity index (χ3v) is 3.73. The molecule has 0 radical (unpaired) electrons. The zero-order valence-electron chi connectivity index (χ0n) is 12.4. The summed E-state index contributed by atoms with van der Waals surface area (Å²) in [5.74, 6) is -0.291. The molecule has 3 aromatic rings. The smallest absolute Gasteiger partial charge is 0.268 e. The van der Waals surface area contributed by atoms with Gasteiger partial charge in [0, 0.05) is 23.4 Å². The van der Waals surface area contributed by atoms with Crippen molar-refractivity contribution >= 4 is 5.69 Å². The number of halogens is 1. The Morgan fingerprint density at radius 1 is 1.17 bits per heavy atom. The van der Waals surface area contributed by atoms with Crippen LogP contribution < -0.4 is 0 Å². The second-order valence-corrected chi connectivity index (χ2v) is 5.22. The highest BCUT2D eigenvalue weighted by molar-refractivity contribution is 5.58. The maximum atomic E-state index is 13.0. The van der Waals surface area contributed by atoms with E-state index in [4.69, 9.17) is 0 Å². The van der Waals surface area contributed by atoms with Crippen LogP contribution in [0.15, 0.2) is 54.7 Å². The van der Waals surface area contributed by atoms with E-state index in [0.717, 1.165) is 16.8 Å². The predicted molar refractivity (Wildman–Crippen MR) is 84.6 cm³/mol. The third-order valence-electron chi connectivity index (χ3n) is 3.73. The average Bonchev–Trinajstić information content (AvgIpc) is 2.98. The number of hydrogen-bond donors (Lipinski definition) is 0. The molecule has 0 fully saturated rings. The summed E-state index contributed by atoms with van der Waals surface area (Å²) in [4.78, 5) is 10.6. The molecule has 0 bridgehead atoms. The number of nitro benzene ring substituents is 1. The van der Waals surface area contributed by atoms with Gasteiger partial charge in [-0.25, -0.2) is 4.39 Å². The van der Waals surface area contributed by atoms with E-state index in [1.54, 1.807) is 36.0 Å². The van der Waals surface area contributed by atoms with Crippen LogP contribution >= 0.6 is 0 Å². The minimum absolute atomic E-state index is 0.105. The number of rotatable bonds is 4. The van der Waals surface area contributed by atoms with Gasteiger partial charge in [0.1, 0.15) is 5.82 Å². The molecule has 1 aromatic heterocycles. The first kappa shape index (κ1) is 14.9. The van der Waals surface area contributed by atoms with Crippen LogP contribution in [0.1, 0.15) is 11.1 Å². The van der Waals surface area contributed by atoms with Crippen molar-refractivity contribution in [2.45, 2.75) is 13.5 Å². The highest BCUT2D eigenvalue weighted by Gasteiger charge is 2.13. The monoisotopic (exact) mass is 311 g/mol. The van der Waals surface area contributed by atoms with Crippen molar-refractivity contribution in [3.63, 3.8) is 0 Å². The first-order valence-electron chi connectivity index (χ1n) is 7.07. The summed E-state index contributed by atoms with van der Waals surface area (Å²) in [6.07, 6.45) is 1.80. The van der Waals surface area contributed by atoms with Gasteiger partial charge in [-0.2, -0.15) is 5.10 Å². The highest BCUT2D eigenvalue weighted by Crippen LogP contribution is 2.22. The SMILES string of the molecule is Cc1c(Cn2ccc(-c3ccc(F)cc3)n2)cccc1[N+](=O)[O-]. The molecule has 3 rings (SSSR count). The summed E-state index contributed by atoms with van der Waals surface area (Å²) < 4.78 is 14.7. The molecule has 116 valence electrons. The lowest BCUT2D eigenvalue weighted by Gasteiger charge is -2.06. The molecular weight excluding hydrogens is 297 g/mol. The molecule has 0 saturated carbocycles. The summed E-state index contributed by atoms with van der Waals surface area (Å²) in [6, 6.07) is 13.0. The van der Waals surface area contributed by atoms with Crippen LogP contribution in [-0.2, 0) is 6.54 Å². The van der Waals surface area contributed by atoms with E-state index in [0.29, 0.717) is 12.1 Å². The summed E-state index contributed by atoms with van der Waals surface area (Å²) >= 11 is 0. The highest BCUT2D eigenvalue weighted by atomic mass is 19.1. The Labute approximate surface area is 132 Å². The number of nitro groups is 1. The van der Waals surface area contributed by atoms with Gasteiger partial charge in [0.15, 0.2) is 0 Å². The number of benzene rings is 2. The topological polar surface area (TPSA) is 61.0 Å². The third kappa shape index (κ3) is 3.11. The van der Waals surface area contributed by atoms with Gasteiger partial charge in [0.2, 0.25) is 0 Å². The minimum Gasteiger partial charge on any atom is -0.268 e. The lowest BCUT2D eigenvalue weighted by molar-refractivity contribution is -0.385. The van der Waals surface area contributed by atoms with Crippen molar-refractivity contribution in [3.05, 3.63) is 81.8 Å². The summed E-state index contributed by atoms with van der Waals surface area (Å²) in [6.45, 7) is 2.17. The summed E-state index contributed by atoms with van der Waals surface area (Å²) in [5.41, 5.74) is 3.13. The zero-order chi connectivity index (χ0) is 16.4. The van der Waals surface area contributed by atoms with Gasteiger partial charge in [-0.15, -0.1) is 0 Å². The number of aromatic nitrogens is 2. The molecule has 0 N–H and O–H groups in total. The van der Waals surface area contributed by atoms with E-state index >= 15 is 0 Å². The standard InChI is InChI=1S/C17H14FN3O2/c1-12-14(3-2-4-17(12)21(22)23)11-20-10-9-16(19-20)13-5-7-15(18)8-6-13/h2-10H,11H2,1H3. The fourth-order valence-electron chi connectivity index (χ4n) is 2.44. The quantitative estimate of drug-likeness (QED) is 0.541. The second kappa shape index (κ2) is 6.00. The van der Waals surface area contributed by atoms with Crippen LogP contribution in [-0.4, -0.2) is 14.7 Å². The molecule has 23 heavy (non-hydrogen) atoms. The average molecular weight is 311 g/mol. The molecule has 0 saturated heterocycles. The van der Waals surface area contributed by atoms with Gasteiger partial charge in [0.25, 0.3) is 5.69 Å². The van der Waals surface area contributed by atoms with Crippen LogP contribution in [0.25, 0.3) is 11.3 Å². The van der Waals surface area contributed by atoms with Crippen LogP contribution in [0.2, 0.25) is 0 Å². The Bertz CT molecular complexity index is 857. The van der Waals surface area contributed by atoms with Crippen molar-refractivity contribution in [2.24, 2.45) is 0 Å². The Morgan fingerprint density at radius 2 is 1.91 bits per heavy atom. The number of nitrogens with zero attached hydrogens (tertiary/aromatic N) is 3. The first-order valence-corrected chi connectivity index (χ1v) is 7.07. The van der Waals surface area contributed by atoms with Gasteiger partial charge in [-0.1, -0.05) is 12.1 Å². The fraction of sp³-hybridized carbons (Fsp3) is 0.118. The largest absolute Gasteiger partial charge is 0.272 e. The molecule has 5 nitrogen and oxygen atoms in total. The Kier molecular flexibility index (Phi) is 3.89. The van der Waals surface area contributed by atoms with Gasteiger partial charge in [0.05, 0.1) is 17.2 Å². The van der Waals surface area contributed by atoms with E-state index in [-0.39, 0.29) is 16.4 Å². The van der Waals surface area contributed by atoms with Crippen molar-refractivity contribution in [1.29, 1.82) is 0 Å². The van der Waals surface area contributed by atoms with E-state index < -0.39 is 0 Å². The molecular formula is C17H14FN3O2. The Hall–Kier alpha value is -3.02. The predicted octanol–water partition coefficient (Wildman–Crippen LogP) is 3.95. The minimum atomic E-state index is -0.383. The number of hydrogen-bond acceptors (Lipinski definition) is 3. The maximum Gasteiger partial charge on any atom is 0.272 e. The van der Waals surface area contributed by atoms with Crippen LogP contribution in [0.4, 0.5) is 10.1 Å². The van der Waals surface area contributed by atoms with Crippen molar-refractivity contribution in [3.8, 4) is 11.3 Å². The van der Waals surface area contributed by atoms with Crippen molar-refractivity contribution < 1.29 is 9.31 Å². The normalized spacial score (nSPS) is 10.7. The second-order valence-electron chi connectivity index (χ2n) is 5.22. The first-order chi connectivity index (χ1) is 11.0. The molecule has 0 spiro atoms. The van der Waals surface area contributed by atoms with Gasteiger partial charge in [-0.05, 0) is 42.8 Å². The van der Waals surface area contributed by atoms with Gasteiger partial charge < -0.3 is 0 Å². The summed E-state index contributed by atoms with van der Waals surface area (Å²) in [7, 11) is 0. The fourth-order valence-corrected chi connectivity index (χ4v) is 2.44. The lowest BCUT2D eigenvalue weighted by atomic mass is 10.1. The lowest BCUT2D eigenvalue weighted by Crippen LogP contribution is -2.04. The molecule has 0 aliphatic heterocycles. The van der Waals surface area contributed by atoms with Crippen LogP contribution in [0.5, 0.6) is 0 Å². The molecule has 0 amide bonds. The van der Waals surface area contributed by atoms with E-state index in [1.165, 1.54) is 18.2 Å².